The van der Waals surface area contributed by atoms with Gasteiger partial charge in [0.05, 0.1) is 11.3 Å². The quantitative estimate of drug-likeness (QED) is 0.388. The number of phenols is 2. The van der Waals surface area contributed by atoms with E-state index in [4.69, 9.17) is 5.11 Å². The van der Waals surface area contributed by atoms with Crippen LogP contribution in [0.25, 0.3) is 0 Å². The fourth-order valence-electron chi connectivity index (χ4n) is 1.65. The molecule has 0 fully saturated rings. The smallest absolute Gasteiger partial charge is 0.259 e. The summed E-state index contributed by atoms with van der Waals surface area (Å²) in [6.45, 7) is 0. The van der Waals surface area contributed by atoms with Gasteiger partial charge in [0.1, 0.15) is 5.75 Å². The Morgan fingerprint density at radius 3 is 2.40 bits per heavy atom. The fraction of sp³-hybridized carbons (Fsp3) is 0. The van der Waals surface area contributed by atoms with Crippen LogP contribution < -0.4 is 10.6 Å². The molecule has 0 radical (unpaired) electrons. The molecule has 0 aliphatic carbocycles. The van der Waals surface area contributed by atoms with Crippen LogP contribution in [0.5, 0.6) is 11.5 Å². The van der Waals surface area contributed by atoms with Gasteiger partial charge in [0.25, 0.3) is 5.91 Å². The molecule has 4 N–H and O–H groups in total. The maximum atomic E-state index is 12.0. The standard InChI is InChI=1S/C14H12N2O4/c17-8-15-12-3-1-2-11(13(12)19)14(20)16-9-4-6-10(18)7-5-9/h1-8,18-19H,(H,15,17)(H,16,20). The molecule has 0 heterocycles. The molecule has 6 heteroatoms. The van der Waals surface area contributed by atoms with Crippen LogP contribution in [0.15, 0.2) is 42.5 Å². The summed E-state index contributed by atoms with van der Waals surface area (Å²) in [5.41, 5.74) is 0.657. The molecule has 2 aromatic carbocycles. The van der Waals surface area contributed by atoms with Gasteiger partial charge in [-0.15, -0.1) is 0 Å². The van der Waals surface area contributed by atoms with E-state index in [1.165, 1.54) is 42.5 Å². The second kappa shape index (κ2) is 5.75. The van der Waals surface area contributed by atoms with Crippen molar-refractivity contribution in [1.29, 1.82) is 0 Å². The molecule has 0 aliphatic rings. The molecule has 6 nitrogen and oxygen atoms in total. The second-order valence-corrected chi connectivity index (χ2v) is 3.96. The number of rotatable bonds is 4. The van der Waals surface area contributed by atoms with Crippen molar-refractivity contribution in [1.82, 2.24) is 0 Å². The summed E-state index contributed by atoms with van der Waals surface area (Å²) >= 11 is 0. The van der Waals surface area contributed by atoms with Crippen LogP contribution >= 0.6 is 0 Å². The van der Waals surface area contributed by atoms with Crippen molar-refractivity contribution in [3.63, 3.8) is 0 Å². The van der Waals surface area contributed by atoms with Gasteiger partial charge in [0.15, 0.2) is 5.75 Å². The molecular weight excluding hydrogens is 260 g/mol. The van der Waals surface area contributed by atoms with Gasteiger partial charge in [-0.2, -0.15) is 0 Å². The number of hydrogen-bond donors (Lipinski definition) is 4. The normalized spacial score (nSPS) is 9.80. The number of hydrogen-bond acceptors (Lipinski definition) is 4. The summed E-state index contributed by atoms with van der Waals surface area (Å²) in [4.78, 5) is 22.4. The van der Waals surface area contributed by atoms with Crippen LogP contribution in [0.4, 0.5) is 11.4 Å². The number of carbonyl (C=O) groups excluding carboxylic acids is 2. The summed E-state index contributed by atoms with van der Waals surface area (Å²) in [6.07, 6.45) is 0.413. The lowest BCUT2D eigenvalue weighted by Gasteiger charge is -2.09. The topological polar surface area (TPSA) is 98.7 Å². The zero-order chi connectivity index (χ0) is 14.5. The van der Waals surface area contributed by atoms with E-state index in [0.717, 1.165) is 0 Å². The van der Waals surface area contributed by atoms with Crippen LogP contribution in [0.2, 0.25) is 0 Å². The number of aromatic hydroxyl groups is 2. The van der Waals surface area contributed by atoms with E-state index in [-0.39, 0.29) is 22.7 Å². The van der Waals surface area contributed by atoms with Crippen molar-refractivity contribution in [2.75, 3.05) is 10.6 Å². The van der Waals surface area contributed by atoms with E-state index in [1.54, 1.807) is 0 Å². The van der Waals surface area contributed by atoms with Crippen molar-refractivity contribution in [2.45, 2.75) is 0 Å². The van der Waals surface area contributed by atoms with Gasteiger partial charge in [0, 0.05) is 5.69 Å². The Bertz CT molecular complexity index is 638. The first-order valence-corrected chi connectivity index (χ1v) is 5.74. The number of para-hydroxylation sites is 1. The average molecular weight is 272 g/mol. The Balaban J connectivity index is 2.23. The third-order valence-electron chi connectivity index (χ3n) is 2.62. The highest BCUT2D eigenvalue weighted by atomic mass is 16.3. The molecule has 0 saturated heterocycles. The molecule has 0 bridgehead atoms. The van der Waals surface area contributed by atoms with Gasteiger partial charge in [0.2, 0.25) is 6.41 Å². The van der Waals surface area contributed by atoms with E-state index in [1.807, 2.05) is 0 Å². The maximum Gasteiger partial charge on any atom is 0.259 e. The van der Waals surface area contributed by atoms with Crippen LogP contribution in [0, 0.1) is 0 Å². The Hall–Kier alpha value is -3.02. The molecule has 0 atom stereocenters. The highest BCUT2D eigenvalue weighted by molar-refractivity contribution is 6.07. The SMILES string of the molecule is O=CNc1cccc(C(=O)Nc2ccc(O)cc2)c1O. The molecule has 0 aromatic heterocycles. The molecule has 20 heavy (non-hydrogen) atoms. The highest BCUT2D eigenvalue weighted by Crippen LogP contribution is 2.27. The van der Waals surface area contributed by atoms with E-state index in [2.05, 4.69) is 10.6 Å². The summed E-state index contributed by atoms with van der Waals surface area (Å²) in [5, 5.41) is 23.9. The number of carbonyl (C=O) groups is 2. The van der Waals surface area contributed by atoms with Gasteiger partial charge >= 0.3 is 0 Å². The van der Waals surface area contributed by atoms with Crippen LogP contribution in [-0.4, -0.2) is 22.5 Å². The van der Waals surface area contributed by atoms with Gasteiger partial charge in [-0.1, -0.05) is 6.07 Å². The lowest BCUT2D eigenvalue weighted by molar-refractivity contribution is -0.105. The van der Waals surface area contributed by atoms with Crippen LogP contribution in [0.3, 0.4) is 0 Å². The van der Waals surface area contributed by atoms with Crippen molar-refractivity contribution in [3.05, 3.63) is 48.0 Å². The second-order valence-electron chi connectivity index (χ2n) is 3.96. The molecule has 0 saturated carbocycles. The van der Waals surface area contributed by atoms with Crippen molar-refractivity contribution < 1.29 is 19.8 Å². The van der Waals surface area contributed by atoms with Gasteiger partial charge in [-0.3, -0.25) is 9.59 Å². The highest BCUT2D eigenvalue weighted by Gasteiger charge is 2.14. The Kier molecular flexibility index (Phi) is 3.85. The Labute approximate surface area is 114 Å². The van der Waals surface area contributed by atoms with E-state index in [9.17, 15) is 14.7 Å². The first-order chi connectivity index (χ1) is 9.61. The number of anilines is 2. The molecular formula is C14H12N2O4. The molecule has 0 spiro atoms. The minimum absolute atomic E-state index is 0.0323. The maximum absolute atomic E-state index is 12.0. The van der Waals surface area contributed by atoms with E-state index < -0.39 is 5.91 Å². The van der Waals surface area contributed by atoms with E-state index in [0.29, 0.717) is 12.1 Å². The van der Waals surface area contributed by atoms with Gasteiger partial charge in [-0.05, 0) is 36.4 Å². The number of nitrogens with one attached hydrogen (secondary N) is 2. The third-order valence-corrected chi connectivity index (χ3v) is 2.62. The first kappa shape index (κ1) is 13.4. The molecule has 102 valence electrons. The summed E-state index contributed by atoms with van der Waals surface area (Å²) in [6, 6.07) is 10.4. The van der Waals surface area contributed by atoms with Crippen LogP contribution in [0.1, 0.15) is 10.4 Å². The number of phenolic OH excluding ortho intramolecular Hbond substituents is 2. The predicted octanol–water partition coefficient (Wildman–Crippen LogP) is 1.92. The zero-order valence-electron chi connectivity index (χ0n) is 10.3. The molecule has 2 aromatic rings. The van der Waals surface area contributed by atoms with Gasteiger partial charge in [-0.25, -0.2) is 0 Å². The summed E-state index contributed by atoms with van der Waals surface area (Å²) in [7, 11) is 0. The predicted molar refractivity (Wildman–Crippen MR) is 73.9 cm³/mol. The lowest BCUT2D eigenvalue weighted by atomic mass is 10.1. The van der Waals surface area contributed by atoms with Crippen molar-refractivity contribution in [2.24, 2.45) is 0 Å². The third kappa shape index (κ3) is 2.86. The molecule has 2 rings (SSSR count). The number of amides is 2. The first-order valence-electron chi connectivity index (χ1n) is 5.74. The van der Waals surface area contributed by atoms with Gasteiger partial charge < -0.3 is 20.8 Å². The largest absolute Gasteiger partial charge is 0.508 e. The fourth-order valence-corrected chi connectivity index (χ4v) is 1.65. The molecule has 0 unspecified atom stereocenters. The van der Waals surface area contributed by atoms with Crippen molar-refractivity contribution >= 4 is 23.7 Å². The lowest BCUT2D eigenvalue weighted by Crippen LogP contribution is -2.12. The summed E-state index contributed by atoms with van der Waals surface area (Å²) < 4.78 is 0. The molecule has 0 aliphatic heterocycles. The average Bonchev–Trinajstić information content (AvgIpc) is 2.44. The Morgan fingerprint density at radius 2 is 1.75 bits per heavy atom. The monoisotopic (exact) mass is 272 g/mol. The van der Waals surface area contributed by atoms with Crippen LogP contribution in [-0.2, 0) is 4.79 Å². The zero-order valence-corrected chi connectivity index (χ0v) is 10.3. The minimum Gasteiger partial charge on any atom is -0.508 e. The summed E-state index contributed by atoms with van der Waals surface area (Å²) in [5.74, 6) is -0.748. The number of benzene rings is 2. The minimum atomic E-state index is -0.525. The Morgan fingerprint density at radius 1 is 1.05 bits per heavy atom. The van der Waals surface area contributed by atoms with E-state index >= 15 is 0 Å². The van der Waals surface area contributed by atoms with Crippen molar-refractivity contribution in [3.8, 4) is 11.5 Å². The molecule has 2 amide bonds.